The average Bonchev–Trinajstić information content (AvgIpc) is 2.79. The first-order valence-electron chi connectivity index (χ1n) is 7.12. The molecule has 0 bridgehead atoms. The van der Waals surface area contributed by atoms with Gasteiger partial charge in [-0.25, -0.2) is 4.79 Å². The van der Waals surface area contributed by atoms with Crippen LogP contribution in [0.5, 0.6) is 0 Å². The molecule has 1 amide bonds. The van der Waals surface area contributed by atoms with Gasteiger partial charge in [0.25, 0.3) is 0 Å². The molecule has 4 heteroatoms. The van der Waals surface area contributed by atoms with E-state index in [2.05, 4.69) is 6.92 Å². The Morgan fingerprint density at radius 3 is 2.50 bits per heavy atom. The van der Waals surface area contributed by atoms with Crippen LogP contribution < -0.4 is 0 Å². The van der Waals surface area contributed by atoms with E-state index in [9.17, 15) is 14.7 Å². The van der Waals surface area contributed by atoms with Crippen LogP contribution in [0.25, 0.3) is 0 Å². The van der Waals surface area contributed by atoms with Gasteiger partial charge in [0.05, 0.1) is 0 Å². The zero-order valence-electron chi connectivity index (χ0n) is 11.6. The first-order chi connectivity index (χ1) is 8.58. The highest BCUT2D eigenvalue weighted by atomic mass is 16.4. The van der Waals surface area contributed by atoms with E-state index in [1.54, 1.807) is 4.90 Å². The van der Waals surface area contributed by atoms with Gasteiger partial charge in [0, 0.05) is 13.0 Å². The van der Waals surface area contributed by atoms with Gasteiger partial charge in [0.2, 0.25) is 5.91 Å². The van der Waals surface area contributed by atoms with E-state index in [0.29, 0.717) is 25.8 Å². The second-order valence-electron chi connectivity index (χ2n) is 5.15. The molecule has 0 spiro atoms. The Morgan fingerprint density at radius 2 is 1.94 bits per heavy atom. The molecule has 0 saturated carbocycles. The molecule has 0 aromatic heterocycles. The van der Waals surface area contributed by atoms with Crippen LogP contribution in [-0.4, -0.2) is 34.0 Å². The third-order valence-corrected chi connectivity index (χ3v) is 4.02. The lowest BCUT2D eigenvalue weighted by atomic mass is 9.92. The number of carboxylic acid groups (broad SMARTS) is 1. The van der Waals surface area contributed by atoms with E-state index in [0.717, 1.165) is 32.1 Å². The molecule has 4 nitrogen and oxygen atoms in total. The summed E-state index contributed by atoms with van der Waals surface area (Å²) in [6.45, 7) is 4.60. The van der Waals surface area contributed by atoms with Gasteiger partial charge < -0.3 is 10.0 Å². The second-order valence-corrected chi connectivity index (χ2v) is 5.15. The summed E-state index contributed by atoms with van der Waals surface area (Å²) in [5, 5.41) is 9.40. The van der Waals surface area contributed by atoms with Gasteiger partial charge in [-0.2, -0.15) is 0 Å². The molecule has 1 unspecified atom stereocenters. The van der Waals surface area contributed by atoms with Crippen molar-refractivity contribution in [2.75, 3.05) is 6.54 Å². The van der Waals surface area contributed by atoms with Gasteiger partial charge in [0.1, 0.15) is 5.54 Å². The lowest BCUT2D eigenvalue weighted by molar-refractivity contribution is -0.156. The minimum Gasteiger partial charge on any atom is -0.479 e. The molecule has 1 atom stereocenters. The molecule has 1 rings (SSSR count). The number of carboxylic acids is 1. The first-order valence-corrected chi connectivity index (χ1v) is 7.12. The van der Waals surface area contributed by atoms with E-state index >= 15 is 0 Å². The van der Waals surface area contributed by atoms with Crippen molar-refractivity contribution in [2.24, 2.45) is 0 Å². The monoisotopic (exact) mass is 255 g/mol. The normalized spacial score (nSPS) is 23.3. The first kappa shape index (κ1) is 15.0. The van der Waals surface area contributed by atoms with Crippen molar-refractivity contribution < 1.29 is 14.7 Å². The molecule has 1 aliphatic heterocycles. The molecular formula is C14H25NO3. The summed E-state index contributed by atoms with van der Waals surface area (Å²) in [5.74, 6) is -0.822. The number of carbonyl (C=O) groups is 2. The van der Waals surface area contributed by atoms with Crippen LogP contribution in [0.15, 0.2) is 0 Å². The van der Waals surface area contributed by atoms with Crippen LogP contribution in [0.2, 0.25) is 0 Å². The van der Waals surface area contributed by atoms with Crippen molar-refractivity contribution in [3.63, 3.8) is 0 Å². The molecule has 1 N–H and O–H groups in total. The summed E-state index contributed by atoms with van der Waals surface area (Å²) >= 11 is 0. The van der Waals surface area contributed by atoms with Gasteiger partial charge in [-0.1, -0.05) is 33.1 Å². The van der Waals surface area contributed by atoms with Gasteiger partial charge in [-0.15, -0.1) is 0 Å². The van der Waals surface area contributed by atoms with Crippen molar-refractivity contribution in [2.45, 2.75) is 70.8 Å². The molecule has 18 heavy (non-hydrogen) atoms. The molecule has 1 saturated heterocycles. The molecule has 0 aliphatic carbocycles. The van der Waals surface area contributed by atoms with Crippen LogP contribution in [0.1, 0.15) is 65.2 Å². The van der Waals surface area contributed by atoms with Crippen LogP contribution in [0.3, 0.4) is 0 Å². The third kappa shape index (κ3) is 3.03. The molecule has 0 aromatic rings. The molecule has 0 radical (unpaired) electrons. The summed E-state index contributed by atoms with van der Waals surface area (Å²) < 4.78 is 0. The van der Waals surface area contributed by atoms with E-state index in [4.69, 9.17) is 0 Å². The van der Waals surface area contributed by atoms with E-state index in [1.165, 1.54) is 0 Å². The smallest absolute Gasteiger partial charge is 0.329 e. The predicted octanol–water partition coefficient (Wildman–Crippen LogP) is 2.81. The zero-order chi connectivity index (χ0) is 13.6. The van der Waals surface area contributed by atoms with Crippen molar-refractivity contribution in [3.8, 4) is 0 Å². The van der Waals surface area contributed by atoms with Gasteiger partial charge in [-0.05, 0) is 25.7 Å². The Kier molecular flexibility index (Phi) is 5.63. The SMILES string of the molecule is CCCCCCC(=O)N1CCCC1(CC)C(=O)O. The number of hydrogen-bond donors (Lipinski definition) is 1. The summed E-state index contributed by atoms with van der Waals surface area (Å²) in [4.78, 5) is 25.2. The predicted molar refractivity (Wildman–Crippen MR) is 70.4 cm³/mol. The third-order valence-electron chi connectivity index (χ3n) is 4.02. The highest BCUT2D eigenvalue weighted by Crippen LogP contribution is 2.33. The number of aliphatic carboxylic acids is 1. The number of amides is 1. The van der Waals surface area contributed by atoms with E-state index in [1.807, 2.05) is 6.92 Å². The van der Waals surface area contributed by atoms with Crippen molar-refractivity contribution in [1.29, 1.82) is 0 Å². The van der Waals surface area contributed by atoms with Crippen molar-refractivity contribution in [3.05, 3.63) is 0 Å². The fraction of sp³-hybridized carbons (Fsp3) is 0.857. The van der Waals surface area contributed by atoms with Crippen molar-refractivity contribution >= 4 is 11.9 Å². The maximum absolute atomic E-state index is 12.2. The largest absolute Gasteiger partial charge is 0.479 e. The number of unbranched alkanes of at least 4 members (excludes halogenated alkanes) is 3. The lowest BCUT2D eigenvalue weighted by Crippen LogP contribution is -2.52. The highest BCUT2D eigenvalue weighted by molar-refractivity contribution is 5.87. The number of rotatable bonds is 7. The Balaban J connectivity index is 2.58. The van der Waals surface area contributed by atoms with Crippen LogP contribution in [-0.2, 0) is 9.59 Å². The fourth-order valence-electron chi connectivity index (χ4n) is 2.82. The maximum atomic E-state index is 12.2. The lowest BCUT2D eigenvalue weighted by Gasteiger charge is -2.34. The van der Waals surface area contributed by atoms with E-state index in [-0.39, 0.29) is 5.91 Å². The Morgan fingerprint density at radius 1 is 1.22 bits per heavy atom. The van der Waals surface area contributed by atoms with Crippen LogP contribution in [0.4, 0.5) is 0 Å². The Bertz CT molecular complexity index is 303. The van der Waals surface area contributed by atoms with Gasteiger partial charge in [-0.3, -0.25) is 4.79 Å². The van der Waals surface area contributed by atoms with Gasteiger partial charge >= 0.3 is 5.97 Å². The zero-order valence-corrected chi connectivity index (χ0v) is 11.6. The number of hydrogen-bond acceptors (Lipinski definition) is 2. The van der Waals surface area contributed by atoms with Crippen LogP contribution in [0, 0.1) is 0 Å². The quantitative estimate of drug-likeness (QED) is 0.712. The minimum atomic E-state index is -0.929. The highest BCUT2D eigenvalue weighted by Gasteiger charge is 2.48. The molecule has 1 fully saturated rings. The van der Waals surface area contributed by atoms with Gasteiger partial charge in [0.15, 0.2) is 0 Å². The average molecular weight is 255 g/mol. The molecule has 104 valence electrons. The maximum Gasteiger partial charge on any atom is 0.329 e. The topological polar surface area (TPSA) is 57.6 Å². The molecule has 1 aliphatic rings. The molecular weight excluding hydrogens is 230 g/mol. The fourth-order valence-corrected chi connectivity index (χ4v) is 2.82. The summed E-state index contributed by atoms with van der Waals surface area (Å²) in [6, 6.07) is 0. The number of carbonyl (C=O) groups excluding carboxylic acids is 1. The summed E-state index contributed by atoms with van der Waals surface area (Å²) in [7, 11) is 0. The van der Waals surface area contributed by atoms with Crippen LogP contribution >= 0.6 is 0 Å². The molecule has 1 heterocycles. The Labute approximate surface area is 109 Å². The second kappa shape index (κ2) is 6.76. The summed E-state index contributed by atoms with van der Waals surface area (Å²) in [6.07, 6.45) is 6.63. The number of likely N-dealkylation sites (tertiary alicyclic amines) is 1. The summed E-state index contributed by atoms with van der Waals surface area (Å²) in [5.41, 5.74) is -0.929. The number of nitrogens with zero attached hydrogens (tertiary/aromatic N) is 1. The minimum absolute atomic E-state index is 0.0212. The molecule has 0 aromatic carbocycles. The Hall–Kier alpha value is -1.06. The van der Waals surface area contributed by atoms with Crippen molar-refractivity contribution in [1.82, 2.24) is 4.90 Å². The van der Waals surface area contributed by atoms with E-state index < -0.39 is 11.5 Å². The standard InChI is InChI=1S/C14H25NO3/c1-3-5-6-7-9-12(16)15-11-8-10-14(15,4-2)13(17)18/h3-11H2,1-2H3,(H,17,18).